The Balaban J connectivity index is 4.48. The van der Waals surface area contributed by atoms with Gasteiger partial charge >= 0.3 is 12.1 Å². The van der Waals surface area contributed by atoms with E-state index in [9.17, 15) is 31.1 Å². The van der Waals surface area contributed by atoms with Crippen molar-refractivity contribution >= 4 is 6.29 Å². The standard InChI is InChI=1S/C5H4F6O/c6-3(1-2-12)4(7,8)5(9,10)11/h2-3H,1H2. The largest absolute Gasteiger partial charge is 0.456 e. The average molecular weight is 194 g/mol. The third kappa shape index (κ3) is 2.12. The van der Waals surface area contributed by atoms with E-state index in [1.807, 2.05) is 0 Å². The Morgan fingerprint density at radius 2 is 1.58 bits per heavy atom. The van der Waals surface area contributed by atoms with Gasteiger partial charge in [-0.2, -0.15) is 22.0 Å². The lowest BCUT2D eigenvalue weighted by Gasteiger charge is -2.21. The van der Waals surface area contributed by atoms with E-state index >= 15 is 0 Å². The molecule has 1 nitrogen and oxygen atoms in total. The first kappa shape index (κ1) is 11.2. The lowest BCUT2D eigenvalue weighted by Crippen LogP contribution is -2.45. The summed E-state index contributed by atoms with van der Waals surface area (Å²) >= 11 is 0. The number of hydrogen-bond donors (Lipinski definition) is 0. The number of carbonyl (C=O) groups excluding carboxylic acids is 1. The highest BCUT2D eigenvalue weighted by Gasteiger charge is 2.62. The van der Waals surface area contributed by atoms with E-state index < -0.39 is 24.7 Å². The summed E-state index contributed by atoms with van der Waals surface area (Å²) < 4.78 is 69.6. The molecule has 1 unspecified atom stereocenters. The van der Waals surface area contributed by atoms with Gasteiger partial charge in [0.2, 0.25) is 0 Å². The van der Waals surface area contributed by atoms with Gasteiger partial charge in [0.05, 0.1) is 0 Å². The lowest BCUT2D eigenvalue weighted by molar-refractivity contribution is -0.302. The molecule has 0 heterocycles. The Hall–Kier alpha value is -0.750. The summed E-state index contributed by atoms with van der Waals surface area (Å²) in [7, 11) is 0. The van der Waals surface area contributed by atoms with Gasteiger partial charge in [0.1, 0.15) is 6.29 Å². The minimum atomic E-state index is -5.95. The van der Waals surface area contributed by atoms with E-state index in [0.29, 0.717) is 0 Å². The molecule has 0 aromatic carbocycles. The molecule has 0 aliphatic rings. The van der Waals surface area contributed by atoms with Gasteiger partial charge in [0.15, 0.2) is 6.17 Å². The average Bonchev–Trinajstić information content (AvgIpc) is 1.85. The van der Waals surface area contributed by atoms with Crippen LogP contribution in [0.1, 0.15) is 6.42 Å². The van der Waals surface area contributed by atoms with Crippen LogP contribution in [0, 0.1) is 0 Å². The van der Waals surface area contributed by atoms with Gasteiger partial charge in [-0.3, -0.25) is 0 Å². The first-order valence-corrected chi connectivity index (χ1v) is 2.75. The van der Waals surface area contributed by atoms with E-state index in [1.165, 1.54) is 0 Å². The van der Waals surface area contributed by atoms with E-state index in [0.717, 1.165) is 0 Å². The Bertz CT molecular complexity index is 162. The molecule has 0 rings (SSSR count). The van der Waals surface area contributed by atoms with Crippen molar-refractivity contribution in [2.75, 3.05) is 0 Å². The normalized spacial score (nSPS) is 15.8. The summed E-state index contributed by atoms with van der Waals surface area (Å²) in [5.41, 5.74) is 0. The number of aldehydes is 1. The van der Waals surface area contributed by atoms with Crippen molar-refractivity contribution in [1.82, 2.24) is 0 Å². The predicted octanol–water partition coefficient (Wildman–Crippen LogP) is 2.11. The zero-order valence-corrected chi connectivity index (χ0v) is 5.54. The first-order valence-electron chi connectivity index (χ1n) is 2.75. The maximum atomic E-state index is 12.0. The Morgan fingerprint density at radius 1 is 1.17 bits per heavy atom. The summed E-state index contributed by atoms with van der Waals surface area (Å²) in [6.45, 7) is 0. The van der Waals surface area contributed by atoms with Crippen LogP contribution < -0.4 is 0 Å². The van der Waals surface area contributed by atoms with Crippen LogP contribution in [-0.4, -0.2) is 24.6 Å². The van der Waals surface area contributed by atoms with Crippen LogP contribution >= 0.6 is 0 Å². The molecule has 0 radical (unpaired) electrons. The molecule has 7 heteroatoms. The topological polar surface area (TPSA) is 17.1 Å². The highest BCUT2D eigenvalue weighted by molar-refractivity contribution is 5.50. The Labute approximate surface area is 63.4 Å². The summed E-state index contributed by atoms with van der Waals surface area (Å²) in [6, 6.07) is 0. The number of alkyl halides is 6. The van der Waals surface area contributed by atoms with E-state index in [-0.39, 0.29) is 6.29 Å². The van der Waals surface area contributed by atoms with Gasteiger partial charge in [-0.15, -0.1) is 0 Å². The SMILES string of the molecule is O=CCC(F)C(F)(F)C(F)(F)F. The van der Waals surface area contributed by atoms with Gasteiger partial charge in [-0.05, 0) is 0 Å². The molecule has 12 heavy (non-hydrogen) atoms. The summed E-state index contributed by atoms with van der Waals surface area (Å²) in [5, 5.41) is 0. The second-order valence-corrected chi connectivity index (χ2v) is 1.99. The van der Waals surface area contributed by atoms with Crippen molar-refractivity contribution in [2.24, 2.45) is 0 Å². The highest BCUT2D eigenvalue weighted by Crippen LogP contribution is 2.40. The van der Waals surface area contributed by atoms with Crippen LogP contribution in [0.3, 0.4) is 0 Å². The van der Waals surface area contributed by atoms with Crippen molar-refractivity contribution < 1.29 is 31.1 Å². The fourth-order valence-electron chi connectivity index (χ4n) is 0.410. The third-order valence-electron chi connectivity index (χ3n) is 1.07. The quantitative estimate of drug-likeness (QED) is 0.496. The van der Waals surface area contributed by atoms with Gasteiger partial charge in [0, 0.05) is 6.42 Å². The van der Waals surface area contributed by atoms with Crippen molar-refractivity contribution in [2.45, 2.75) is 24.7 Å². The predicted molar refractivity (Wildman–Crippen MR) is 26.6 cm³/mol. The molecular weight excluding hydrogens is 190 g/mol. The van der Waals surface area contributed by atoms with Gasteiger partial charge in [-0.25, -0.2) is 4.39 Å². The van der Waals surface area contributed by atoms with Crippen LogP contribution in [0.2, 0.25) is 0 Å². The van der Waals surface area contributed by atoms with Crippen molar-refractivity contribution in [1.29, 1.82) is 0 Å². The number of halogens is 6. The molecule has 1 atom stereocenters. The van der Waals surface area contributed by atoms with Gasteiger partial charge in [0.25, 0.3) is 0 Å². The van der Waals surface area contributed by atoms with Gasteiger partial charge < -0.3 is 4.79 Å². The summed E-state index contributed by atoms with van der Waals surface area (Å²) in [4.78, 5) is 9.45. The molecule has 0 saturated heterocycles. The molecule has 0 aliphatic carbocycles. The molecule has 0 aliphatic heterocycles. The maximum Gasteiger partial charge on any atom is 0.456 e. The number of rotatable bonds is 3. The smallest absolute Gasteiger partial charge is 0.303 e. The molecule has 0 aromatic heterocycles. The van der Waals surface area contributed by atoms with Crippen LogP contribution in [0.15, 0.2) is 0 Å². The van der Waals surface area contributed by atoms with Crippen LogP contribution in [0.5, 0.6) is 0 Å². The minimum absolute atomic E-state index is 0.329. The molecular formula is C5H4F6O. The molecule has 0 saturated carbocycles. The molecule has 0 aromatic rings. The molecule has 0 bridgehead atoms. The first-order chi connectivity index (χ1) is 5.23. The number of hydrogen-bond acceptors (Lipinski definition) is 1. The monoisotopic (exact) mass is 194 g/mol. The minimum Gasteiger partial charge on any atom is -0.303 e. The fourth-order valence-corrected chi connectivity index (χ4v) is 0.410. The fraction of sp³-hybridized carbons (Fsp3) is 0.800. The highest BCUT2D eigenvalue weighted by atomic mass is 19.4. The van der Waals surface area contributed by atoms with Crippen molar-refractivity contribution in [3.8, 4) is 0 Å². The van der Waals surface area contributed by atoms with E-state index in [4.69, 9.17) is 0 Å². The Morgan fingerprint density at radius 3 is 1.83 bits per heavy atom. The zero-order chi connectivity index (χ0) is 9.99. The van der Waals surface area contributed by atoms with E-state index in [2.05, 4.69) is 0 Å². The maximum absolute atomic E-state index is 12.0. The van der Waals surface area contributed by atoms with Gasteiger partial charge in [-0.1, -0.05) is 0 Å². The van der Waals surface area contributed by atoms with Crippen LogP contribution in [-0.2, 0) is 4.79 Å². The zero-order valence-electron chi connectivity index (χ0n) is 5.54. The molecule has 72 valence electrons. The van der Waals surface area contributed by atoms with E-state index in [1.54, 1.807) is 0 Å². The number of carbonyl (C=O) groups is 1. The van der Waals surface area contributed by atoms with Crippen molar-refractivity contribution in [3.05, 3.63) is 0 Å². The molecule has 0 fully saturated rings. The lowest BCUT2D eigenvalue weighted by atomic mass is 10.1. The Kier molecular flexibility index (Phi) is 3.11. The second-order valence-electron chi connectivity index (χ2n) is 1.99. The summed E-state index contributed by atoms with van der Waals surface area (Å²) in [6.07, 6.45) is -11.2. The molecule has 0 amide bonds. The molecule has 0 N–H and O–H groups in total. The molecule has 0 spiro atoms. The van der Waals surface area contributed by atoms with Crippen molar-refractivity contribution in [3.63, 3.8) is 0 Å². The van der Waals surface area contributed by atoms with Crippen LogP contribution in [0.25, 0.3) is 0 Å². The summed E-state index contributed by atoms with van der Waals surface area (Å²) in [5.74, 6) is -5.45. The second kappa shape index (κ2) is 3.32. The van der Waals surface area contributed by atoms with Crippen LogP contribution in [0.4, 0.5) is 26.3 Å². The third-order valence-corrected chi connectivity index (χ3v) is 1.07.